The maximum absolute atomic E-state index is 12.2. The molecule has 0 spiro atoms. The third-order valence-corrected chi connectivity index (χ3v) is 7.37. The monoisotopic (exact) mass is 431 g/mol. The van der Waals surface area contributed by atoms with E-state index in [1.807, 2.05) is 6.92 Å². The van der Waals surface area contributed by atoms with E-state index in [4.69, 9.17) is 0 Å². The summed E-state index contributed by atoms with van der Waals surface area (Å²) in [6, 6.07) is 1.70. The van der Waals surface area contributed by atoms with Gasteiger partial charge in [0.2, 0.25) is 10.0 Å². The molecule has 0 saturated heterocycles. The minimum absolute atomic E-state index is 0.381. The highest BCUT2D eigenvalue weighted by molar-refractivity contribution is 9.11. The van der Waals surface area contributed by atoms with Crippen LogP contribution in [0.2, 0.25) is 0 Å². The molecule has 0 aliphatic heterocycles. The van der Waals surface area contributed by atoms with Crippen molar-refractivity contribution in [3.63, 3.8) is 0 Å². The third kappa shape index (κ3) is 5.46. The zero-order chi connectivity index (χ0) is 14.5. The lowest BCUT2D eigenvalue weighted by molar-refractivity contribution is 0.459. The lowest BCUT2D eigenvalue weighted by Gasteiger charge is -2.15. The Morgan fingerprint density at radius 2 is 2.11 bits per heavy atom. The van der Waals surface area contributed by atoms with E-state index >= 15 is 0 Å². The van der Waals surface area contributed by atoms with Crippen molar-refractivity contribution in [3.05, 3.63) is 15.4 Å². The lowest BCUT2D eigenvalue weighted by Crippen LogP contribution is -2.29. The van der Waals surface area contributed by atoms with Crippen molar-refractivity contribution < 1.29 is 8.42 Å². The van der Waals surface area contributed by atoms with Crippen molar-refractivity contribution >= 4 is 53.2 Å². The summed E-state index contributed by atoms with van der Waals surface area (Å²) in [5.41, 5.74) is 0.955. The van der Waals surface area contributed by atoms with Crippen LogP contribution in [0, 0.1) is 12.8 Å². The van der Waals surface area contributed by atoms with Crippen LogP contribution >= 0.6 is 43.2 Å². The molecule has 0 aliphatic carbocycles. The summed E-state index contributed by atoms with van der Waals surface area (Å²) in [5, 5.41) is 0.906. The van der Waals surface area contributed by atoms with Crippen molar-refractivity contribution in [1.82, 2.24) is 4.72 Å². The number of hydrogen-bond donors (Lipinski definition) is 1. The van der Waals surface area contributed by atoms with Crippen LogP contribution in [0.15, 0.2) is 14.1 Å². The topological polar surface area (TPSA) is 46.2 Å². The second-order valence-electron chi connectivity index (χ2n) is 4.51. The van der Waals surface area contributed by atoms with Crippen LogP contribution in [-0.2, 0) is 10.0 Å². The molecule has 1 atom stereocenters. The van der Waals surface area contributed by atoms with E-state index in [1.54, 1.807) is 6.07 Å². The lowest BCUT2D eigenvalue weighted by atomic mass is 10.0. The Morgan fingerprint density at radius 3 is 2.58 bits per heavy atom. The van der Waals surface area contributed by atoms with E-state index < -0.39 is 10.0 Å². The van der Waals surface area contributed by atoms with Crippen LogP contribution in [0.3, 0.4) is 0 Å². The number of rotatable bonds is 8. The number of thiophene rings is 1. The van der Waals surface area contributed by atoms with Crippen LogP contribution in [0.5, 0.6) is 0 Å². The maximum atomic E-state index is 12.2. The second kappa shape index (κ2) is 8.12. The molecule has 1 aromatic heterocycles. The second-order valence-corrected chi connectivity index (χ2v) is 9.66. The minimum atomic E-state index is -3.37. The number of hydrogen-bond acceptors (Lipinski definition) is 3. The summed E-state index contributed by atoms with van der Waals surface area (Å²) in [6.07, 6.45) is 3.11. The Kier molecular flexibility index (Phi) is 7.53. The van der Waals surface area contributed by atoms with E-state index in [9.17, 15) is 8.42 Å². The van der Waals surface area contributed by atoms with Gasteiger partial charge >= 0.3 is 0 Å². The molecule has 1 N–H and O–H groups in total. The summed E-state index contributed by atoms with van der Waals surface area (Å²) in [6.45, 7) is 4.52. The molecule has 7 heteroatoms. The number of alkyl halides is 1. The van der Waals surface area contributed by atoms with Crippen LogP contribution in [0.25, 0.3) is 0 Å². The zero-order valence-corrected chi connectivity index (χ0v) is 15.9. The molecule has 1 heterocycles. The standard InChI is InChI=1S/C12H19Br2NO2S2/c1-3-4-10(5-6-13)8-15-19(16,17)11-7-9(2)12(14)18-11/h7,10,15H,3-6,8H2,1-2H3. The summed E-state index contributed by atoms with van der Waals surface area (Å²) in [5.74, 6) is 0.392. The summed E-state index contributed by atoms with van der Waals surface area (Å²) < 4.78 is 28.3. The largest absolute Gasteiger partial charge is 0.250 e. The third-order valence-electron chi connectivity index (χ3n) is 2.88. The van der Waals surface area contributed by atoms with Gasteiger partial charge in [0.15, 0.2) is 0 Å². The highest BCUT2D eigenvalue weighted by atomic mass is 79.9. The van der Waals surface area contributed by atoms with Crippen LogP contribution in [0.1, 0.15) is 31.7 Å². The fourth-order valence-electron chi connectivity index (χ4n) is 1.77. The first-order valence-electron chi connectivity index (χ1n) is 6.22. The van der Waals surface area contributed by atoms with Gasteiger partial charge in [0.25, 0.3) is 0 Å². The Hall–Kier alpha value is 0.570. The van der Waals surface area contributed by atoms with E-state index in [2.05, 4.69) is 43.5 Å². The van der Waals surface area contributed by atoms with Gasteiger partial charge in [0.05, 0.1) is 3.79 Å². The Morgan fingerprint density at radius 1 is 1.42 bits per heavy atom. The average Bonchev–Trinajstić information content (AvgIpc) is 2.68. The van der Waals surface area contributed by atoms with Gasteiger partial charge in [-0.05, 0) is 53.2 Å². The molecule has 19 heavy (non-hydrogen) atoms. The van der Waals surface area contributed by atoms with Gasteiger partial charge in [-0.15, -0.1) is 11.3 Å². The van der Waals surface area contributed by atoms with Crippen LogP contribution in [-0.4, -0.2) is 20.3 Å². The summed E-state index contributed by atoms with van der Waals surface area (Å²) in [7, 11) is -3.37. The molecule has 1 unspecified atom stereocenters. The maximum Gasteiger partial charge on any atom is 0.250 e. The normalized spacial score (nSPS) is 13.7. The predicted molar refractivity (Wildman–Crippen MR) is 88.8 cm³/mol. The van der Waals surface area contributed by atoms with Gasteiger partial charge in [0, 0.05) is 11.9 Å². The van der Waals surface area contributed by atoms with Crippen LogP contribution in [0.4, 0.5) is 0 Å². The van der Waals surface area contributed by atoms with E-state index in [0.717, 1.165) is 33.9 Å². The Bertz CT molecular complexity index is 474. The predicted octanol–water partition coefficient (Wildman–Crippen LogP) is 4.30. The highest BCUT2D eigenvalue weighted by Crippen LogP contribution is 2.30. The average molecular weight is 433 g/mol. The Balaban J connectivity index is 2.68. The number of sulfonamides is 1. The van der Waals surface area contributed by atoms with Gasteiger partial charge < -0.3 is 0 Å². The molecule has 0 radical (unpaired) electrons. The molecular formula is C12H19Br2NO2S2. The molecule has 0 saturated carbocycles. The number of aryl methyl sites for hydroxylation is 1. The van der Waals surface area contributed by atoms with Crippen molar-refractivity contribution in [2.24, 2.45) is 5.92 Å². The zero-order valence-electron chi connectivity index (χ0n) is 11.1. The van der Waals surface area contributed by atoms with E-state index in [1.165, 1.54) is 11.3 Å². The molecule has 0 bridgehead atoms. The smallest absolute Gasteiger partial charge is 0.210 e. The fraction of sp³-hybridized carbons (Fsp3) is 0.667. The van der Waals surface area contributed by atoms with Gasteiger partial charge in [-0.2, -0.15) is 0 Å². The van der Waals surface area contributed by atoms with E-state index in [-0.39, 0.29) is 0 Å². The van der Waals surface area contributed by atoms with Gasteiger partial charge in [0.1, 0.15) is 4.21 Å². The first-order valence-corrected chi connectivity index (χ1v) is 10.4. The molecule has 1 aromatic rings. The number of nitrogens with one attached hydrogen (secondary N) is 1. The van der Waals surface area contributed by atoms with Gasteiger partial charge in [-0.1, -0.05) is 29.3 Å². The first kappa shape index (κ1) is 17.6. The number of halogens is 2. The quantitative estimate of drug-likeness (QED) is 0.622. The van der Waals surface area contributed by atoms with Crippen molar-refractivity contribution in [2.45, 2.75) is 37.3 Å². The molecular weight excluding hydrogens is 414 g/mol. The summed E-state index contributed by atoms with van der Waals surface area (Å²) >= 11 is 8.03. The molecule has 0 fully saturated rings. The van der Waals surface area contributed by atoms with Crippen molar-refractivity contribution in [3.8, 4) is 0 Å². The molecule has 0 amide bonds. The van der Waals surface area contributed by atoms with Crippen molar-refractivity contribution in [1.29, 1.82) is 0 Å². The highest BCUT2D eigenvalue weighted by Gasteiger charge is 2.19. The first-order chi connectivity index (χ1) is 8.90. The molecule has 0 aliphatic rings. The molecule has 3 nitrogen and oxygen atoms in total. The van der Waals surface area contributed by atoms with Crippen molar-refractivity contribution in [2.75, 3.05) is 11.9 Å². The van der Waals surface area contributed by atoms with Crippen LogP contribution < -0.4 is 4.72 Å². The van der Waals surface area contributed by atoms with Gasteiger partial charge in [-0.3, -0.25) is 0 Å². The van der Waals surface area contributed by atoms with Gasteiger partial charge in [-0.25, -0.2) is 13.1 Å². The minimum Gasteiger partial charge on any atom is -0.210 e. The fourth-order valence-corrected chi connectivity index (χ4v) is 5.81. The Labute approximate surface area is 136 Å². The molecule has 0 aromatic carbocycles. The molecule has 110 valence electrons. The SMILES string of the molecule is CCCC(CCBr)CNS(=O)(=O)c1cc(C)c(Br)s1. The van der Waals surface area contributed by atoms with E-state index in [0.29, 0.717) is 16.7 Å². The molecule has 1 rings (SSSR count). The summed E-state index contributed by atoms with van der Waals surface area (Å²) in [4.78, 5) is 0.